The average Bonchev–Trinajstić information content (AvgIpc) is 3.58. The molecule has 15 heteroatoms. The van der Waals surface area contributed by atoms with E-state index in [0.717, 1.165) is 24.6 Å². The Hall–Kier alpha value is -3.60. The van der Waals surface area contributed by atoms with Gasteiger partial charge in [-0.15, -0.1) is 13.2 Å². The Morgan fingerprint density at radius 3 is 2.73 bits per heavy atom. The lowest BCUT2D eigenvalue weighted by Gasteiger charge is -2.31. The molecule has 9 nitrogen and oxygen atoms in total. The molecule has 0 aromatic heterocycles. The van der Waals surface area contributed by atoms with Crippen molar-refractivity contribution in [3.05, 3.63) is 57.8 Å². The molecule has 212 valence electrons. The molecule has 40 heavy (non-hydrogen) atoms. The number of amides is 1. The van der Waals surface area contributed by atoms with Gasteiger partial charge in [-0.25, -0.2) is 14.4 Å². The molecule has 0 bridgehead atoms. The molecule has 1 amide bonds. The van der Waals surface area contributed by atoms with E-state index in [2.05, 4.69) is 25.5 Å². The summed E-state index contributed by atoms with van der Waals surface area (Å²) in [6, 6.07) is 6.83. The second-order valence-corrected chi connectivity index (χ2v) is 9.61. The summed E-state index contributed by atoms with van der Waals surface area (Å²) >= 11 is 12.3. The number of hydrogen-bond acceptors (Lipinski definition) is 6. The molecule has 4 rings (SSSR count). The Labute approximate surface area is 237 Å². The molecule has 0 saturated carbocycles. The number of rotatable bonds is 6. The normalized spacial score (nSPS) is 19.3. The number of likely N-dealkylation sites (N-methyl/N-ethyl adjacent to an activating group) is 1. The number of hydrogen-bond donors (Lipinski definition) is 2. The van der Waals surface area contributed by atoms with Crippen LogP contribution in [0.1, 0.15) is 25.3 Å². The molecule has 2 atom stereocenters. The monoisotopic (exact) mass is 599 g/mol. The van der Waals surface area contributed by atoms with E-state index in [-0.39, 0.29) is 29.5 Å². The Morgan fingerprint density at radius 1 is 1.32 bits per heavy atom. The van der Waals surface area contributed by atoms with Crippen LogP contribution in [0, 0.1) is 17.3 Å². The van der Waals surface area contributed by atoms with Crippen molar-refractivity contribution in [2.75, 3.05) is 19.6 Å². The summed E-state index contributed by atoms with van der Waals surface area (Å²) in [5, 5.41) is 21.2. The Bertz CT molecular complexity index is 1370. The molecule has 2 heterocycles. The lowest BCUT2D eigenvalue weighted by Crippen LogP contribution is -2.53. The number of benzene rings is 2. The molecule has 0 radical (unpaired) electrons. The number of alkyl halides is 3. The minimum atomic E-state index is -5.12. The molecular formula is C25H23Cl2F4N7O2. The number of aliphatic imine (C=N–C) groups is 1. The maximum absolute atomic E-state index is 14.9. The maximum Gasteiger partial charge on any atom is 0.573 e. The molecule has 1 fully saturated rings. The topological polar surface area (TPSA) is 105 Å². The van der Waals surface area contributed by atoms with Crippen molar-refractivity contribution in [3.63, 3.8) is 0 Å². The fourth-order valence-corrected chi connectivity index (χ4v) is 4.80. The lowest BCUT2D eigenvalue weighted by atomic mass is 10.0. The van der Waals surface area contributed by atoms with Crippen LogP contribution in [-0.2, 0) is 4.79 Å². The zero-order valence-corrected chi connectivity index (χ0v) is 22.5. The quantitative estimate of drug-likeness (QED) is 0.163. The smallest absolute Gasteiger partial charge is 0.403 e. The maximum atomic E-state index is 14.9. The van der Waals surface area contributed by atoms with Crippen LogP contribution in [0.3, 0.4) is 0 Å². The van der Waals surface area contributed by atoms with Crippen LogP contribution in [0.25, 0.3) is 0 Å². The van der Waals surface area contributed by atoms with Gasteiger partial charge in [0.05, 0.1) is 34.4 Å². The Kier molecular flexibility index (Phi) is 9.02. The third-order valence-corrected chi connectivity index (χ3v) is 7.01. The Morgan fingerprint density at radius 2 is 2.10 bits per heavy atom. The highest BCUT2D eigenvalue weighted by atomic mass is 35.5. The van der Waals surface area contributed by atoms with E-state index in [1.54, 1.807) is 29.3 Å². The summed E-state index contributed by atoms with van der Waals surface area (Å²) in [7, 11) is 0. The van der Waals surface area contributed by atoms with E-state index < -0.39 is 29.7 Å². The average molecular weight is 600 g/mol. The standard InChI is InChI=1S/C25H23Cl2F4N7O2/c1-2-37(23(39)18-6-4-10-33-18)19-12-38(36-22(19)14-8-9-15(26)16(27)11-14)24(34-13-32)35-17-5-3-7-20(21(17)28)40-25(29,30)31/h3,5,7-9,11,18-19,33H,2,4,6,10,12H2,1H3,(H,34,35)/t18-,19+/m1/s1. The number of carbonyl (C=O) groups excluding carboxylic acids is 1. The van der Waals surface area contributed by atoms with E-state index in [9.17, 15) is 27.6 Å². The third-order valence-electron chi connectivity index (χ3n) is 6.27. The van der Waals surface area contributed by atoms with E-state index in [1.165, 1.54) is 5.01 Å². The molecule has 0 aliphatic carbocycles. The van der Waals surface area contributed by atoms with Gasteiger partial charge in [0.2, 0.25) is 11.9 Å². The predicted molar refractivity (Wildman–Crippen MR) is 141 cm³/mol. The van der Waals surface area contributed by atoms with Crippen LogP contribution < -0.4 is 15.4 Å². The molecular weight excluding hydrogens is 577 g/mol. The SMILES string of the molecule is CCN(C(=O)[C@H]1CCCN1)[C@H]1CN(C(=Nc2cccc(OC(F)(F)F)c2F)NC#N)N=C1c1ccc(Cl)c(Cl)c1. The number of halogens is 6. The van der Waals surface area contributed by atoms with Gasteiger partial charge in [0.25, 0.3) is 0 Å². The van der Waals surface area contributed by atoms with Crippen LogP contribution in [0.5, 0.6) is 5.75 Å². The minimum Gasteiger partial charge on any atom is -0.403 e. The number of hydrazone groups is 1. The van der Waals surface area contributed by atoms with Crippen LogP contribution >= 0.6 is 23.2 Å². The summed E-state index contributed by atoms with van der Waals surface area (Å²) in [6.07, 6.45) is -1.92. The zero-order valence-electron chi connectivity index (χ0n) is 21.0. The first-order chi connectivity index (χ1) is 19.0. The summed E-state index contributed by atoms with van der Waals surface area (Å²) in [5.41, 5.74) is 0.400. The van der Waals surface area contributed by atoms with E-state index in [4.69, 9.17) is 23.2 Å². The lowest BCUT2D eigenvalue weighted by molar-refractivity contribution is -0.275. The van der Waals surface area contributed by atoms with Gasteiger partial charge >= 0.3 is 6.36 Å². The zero-order chi connectivity index (χ0) is 29.0. The highest BCUT2D eigenvalue weighted by molar-refractivity contribution is 6.42. The van der Waals surface area contributed by atoms with Crippen molar-refractivity contribution in [3.8, 4) is 11.9 Å². The second-order valence-electron chi connectivity index (χ2n) is 8.79. The summed E-state index contributed by atoms with van der Waals surface area (Å²) in [6.45, 7) is 2.84. The molecule has 0 spiro atoms. The fraction of sp³-hybridized carbons (Fsp3) is 0.360. The first-order valence-corrected chi connectivity index (χ1v) is 12.9. The molecule has 1 saturated heterocycles. The highest BCUT2D eigenvalue weighted by Crippen LogP contribution is 2.32. The first-order valence-electron chi connectivity index (χ1n) is 12.2. The van der Waals surface area contributed by atoms with Crippen molar-refractivity contribution in [1.82, 2.24) is 20.5 Å². The number of guanidine groups is 1. The van der Waals surface area contributed by atoms with Gasteiger partial charge < -0.3 is 15.0 Å². The molecule has 2 aromatic carbocycles. The molecule has 2 aliphatic rings. The number of carbonyl (C=O) groups is 1. The number of nitrogens with one attached hydrogen (secondary N) is 2. The molecule has 2 aromatic rings. The van der Waals surface area contributed by atoms with Gasteiger partial charge in [-0.3, -0.25) is 10.1 Å². The van der Waals surface area contributed by atoms with Crippen molar-refractivity contribution < 1.29 is 27.1 Å². The van der Waals surface area contributed by atoms with Crippen LogP contribution in [0.4, 0.5) is 23.2 Å². The summed E-state index contributed by atoms with van der Waals surface area (Å²) in [5.74, 6) is -2.90. The molecule has 0 unspecified atom stereocenters. The predicted octanol–water partition coefficient (Wildman–Crippen LogP) is 4.78. The van der Waals surface area contributed by atoms with E-state index in [0.29, 0.717) is 35.8 Å². The number of nitriles is 1. The minimum absolute atomic E-state index is 0.00421. The summed E-state index contributed by atoms with van der Waals surface area (Å²) < 4.78 is 56.7. The van der Waals surface area contributed by atoms with Crippen molar-refractivity contribution >= 4 is 46.5 Å². The van der Waals surface area contributed by atoms with Gasteiger partial charge in [0.15, 0.2) is 17.8 Å². The Balaban J connectivity index is 1.75. The largest absolute Gasteiger partial charge is 0.573 e. The van der Waals surface area contributed by atoms with Gasteiger partial charge in [0.1, 0.15) is 5.69 Å². The van der Waals surface area contributed by atoms with Gasteiger partial charge in [-0.05, 0) is 50.6 Å². The van der Waals surface area contributed by atoms with Gasteiger partial charge in [-0.1, -0.05) is 35.3 Å². The molecule has 2 N–H and O–H groups in total. The highest BCUT2D eigenvalue weighted by Gasteiger charge is 2.39. The first kappa shape index (κ1) is 29.4. The number of nitrogens with zero attached hydrogens (tertiary/aromatic N) is 5. The fourth-order valence-electron chi connectivity index (χ4n) is 4.50. The third kappa shape index (κ3) is 6.57. The van der Waals surface area contributed by atoms with Crippen LogP contribution in [-0.4, -0.2) is 65.6 Å². The van der Waals surface area contributed by atoms with Crippen molar-refractivity contribution in [2.45, 2.75) is 38.2 Å². The number of ether oxygens (including phenoxy) is 1. The van der Waals surface area contributed by atoms with E-state index >= 15 is 0 Å². The van der Waals surface area contributed by atoms with Crippen LogP contribution in [0.15, 0.2) is 46.5 Å². The van der Waals surface area contributed by atoms with E-state index in [1.807, 2.05) is 6.92 Å². The van der Waals surface area contributed by atoms with Crippen LogP contribution in [0.2, 0.25) is 10.0 Å². The summed E-state index contributed by atoms with van der Waals surface area (Å²) in [4.78, 5) is 19.1. The molecule has 2 aliphatic heterocycles. The van der Waals surface area contributed by atoms with Crippen molar-refractivity contribution in [2.24, 2.45) is 10.1 Å². The second kappa shape index (κ2) is 12.3. The van der Waals surface area contributed by atoms with Crippen molar-refractivity contribution in [1.29, 1.82) is 5.26 Å². The van der Waals surface area contributed by atoms with Gasteiger partial charge in [-0.2, -0.15) is 10.4 Å². The van der Waals surface area contributed by atoms with Gasteiger partial charge in [0, 0.05) is 12.1 Å².